The van der Waals surface area contributed by atoms with Crippen LogP contribution in [0.15, 0.2) is 34.2 Å². The van der Waals surface area contributed by atoms with Crippen molar-refractivity contribution in [2.45, 2.75) is 37.2 Å². The number of carbonyl (C=O) groups excluding carboxylic acids is 1. The zero-order valence-corrected chi connectivity index (χ0v) is 14.4. The predicted octanol–water partition coefficient (Wildman–Crippen LogP) is 0.726. The first kappa shape index (κ1) is 16.5. The Morgan fingerprint density at radius 1 is 1.29 bits per heavy atom. The second-order valence-electron chi connectivity index (χ2n) is 5.78. The molecule has 0 unspecified atom stereocenters. The Labute approximate surface area is 143 Å². The minimum Gasteiger partial charge on any atom is -0.337 e. The number of aromatic nitrogens is 3. The van der Waals surface area contributed by atoms with E-state index in [0.29, 0.717) is 13.1 Å². The van der Waals surface area contributed by atoms with Crippen molar-refractivity contribution in [2.24, 2.45) is 0 Å². The second kappa shape index (κ2) is 6.64. The van der Waals surface area contributed by atoms with Crippen molar-refractivity contribution >= 4 is 17.7 Å². The van der Waals surface area contributed by atoms with Gasteiger partial charge in [0, 0.05) is 13.1 Å². The monoisotopic (exact) mass is 345 g/mol. The van der Waals surface area contributed by atoms with E-state index in [1.807, 2.05) is 17.0 Å². The lowest BCUT2D eigenvalue weighted by atomic mass is 10.00. The summed E-state index contributed by atoms with van der Waals surface area (Å²) in [5.74, 6) is 5.73. The number of fused-ring (bicyclic) bond motifs is 1. The molecule has 3 rings (SSSR count). The van der Waals surface area contributed by atoms with Gasteiger partial charge in [-0.1, -0.05) is 36.0 Å². The van der Waals surface area contributed by atoms with E-state index >= 15 is 0 Å². The van der Waals surface area contributed by atoms with Gasteiger partial charge in [0.05, 0.1) is 5.25 Å². The van der Waals surface area contributed by atoms with Crippen LogP contribution in [-0.4, -0.2) is 37.5 Å². The average molecular weight is 345 g/mol. The molecule has 0 spiro atoms. The summed E-state index contributed by atoms with van der Waals surface area (Å²) < 4.78 is 0.947. The second-order valence-corrected chi connectivity index (χ2v) is 7.09. The summed E-state index contributed by atoms with van der Waals surface area (Å²) in [4.78, 5) is 26.3. The Morgan fingerprint density at radius 3 is 2.75 bits per heavy atom. The molecule has 1 aromatic heterocycles. The van der Waals surface area contributed by atoms with Crippen LogP contribution in [0.2, 0.25) is 0 Å². The molecular formula is C16H19N5O2S. The molecular weight excluding hydrogens is 326 g/mol. The van der Waals surface area contributed by atoms with Crippen LogP contribution in [0.4, 0.5) is 0 Å². The first-order valence-corrected chi connectivity index (χ1v) is 8.59. The first-order valence-electron chi connectivity index (χ1n) is 7.71. The zero-order chi connectivity index (χ0) is 17.3. The summed E-state index contributed by atoms with van der Waals surface area (Å²) in [6, 6.07) is 8.16. The summed E-state index contributed by atoms with van der Waals surface area (Å²) in [6.07, 6.45) is 0.852. The molecule has 2 aromatic rings. The normalized spacial score (nSPS) is 15.0. The number of benzene rings is 1. The van der Waals surface area contributed by atoms with E-state index in [9.17, 15) is 9.59 Å². The molecule has 1 amide bonds. The molecule has 0 fully saturated rings. The largest absolute Gasteiger partial charge is 0.337 e. The summed E-state index contributed by atoms with van der Waals surface area (Å²) in [5.41, 5.74) is 2.30. The van der Waals surface area contributed by atoms with Crippen LogP contribution in [0.3, 0.4) is 0 Å². The van der Waals surface area contributed by atoms with Crippen LogP contribution in [0.1, 0.15) is 23.7 Å². The van der Waals surface area contributed by atoms with Crippen molar-refractivity contribution in [3.63, 3.8) is 0 Å². The van der Waals surface area contributed by atoms with Crippen molar-refractivity contribution in [1.82, 2.24) is 19.8 Å². The van der Waals surface area contributed by atoms with Gasteiger partial charge in [0.15, 0.2) is 0 Å². The number of amides is 1. The molecule has 1 atom stereocenters. The van der Waals surface area contributed by atoms with Crippen LogP contribution >= 0.6 is 11.8 Å². The van der Waals surface area contributed by atoms with Crippen molar-refractivity contribution in [1.29, 1.82) is 0 Å². The number of nitrogens with zero attached hydrogens (tertiary/aromatic N) is 4. The summed E-state index contributed by atoms with van der Waals surface area (Å²) in [6.45, 7) is 4.64. The van der Waals surface area contributed by atoms with Gasteiger partial charge in [-0.15, -0.1) is 10.2 Å². The number of thioether (sulfide) groups is 1. The van der Waals surface area contributed by atoms with E-state index in [1.165, 1.54) is 11.1 Å². The predicted molar refractivity (Wildman–Crippen MR) is 92.1 cm³/mol. The van der Waals surface area contributed by atoms with Crippen LogP contribution in [0.5, 0.6) is 0 Å². The Hall–Kier alpha value is -2.35. The van der Waals surface area contributed by atoms with Gasteiger partial charge in [0.2, 0.25) is 11.1 Å². The highest BCUT2D eigenvalue weighted by Crippen LogP contribution is 2.24. The molecule has 1 aromatic carbocycles. The fraction of sp³-hybridized carbons (Fsp3) is 0.375. The number of carbonyl (C=O) groups is 1. The Balaban J connectivity index is 1.72. The van der Waals surface area contributed by atoms with Crippen molar-refractivity contribution in [3.05, 3.63) is 51.4 Å². The van der Waals surface area contributed by atoms with Crippen LogP contribution in [-0.2, 0) is 17.8 Å². The molecule has 24 heavy (non-hydrogen) atoms. The third-order valence-electron chi connectivity index (χ3n) is 4.09. The van der Waals surface area contributed by atoms with Gasteiger partial charge in [-0.25, -0.2) is 0 Å². The van der Waals surface area contributed by atoms with E-state index < -0.39 is 10.8 Å². The van der Waals surface area contributed by atoms with Gasteiger partial charge in [-0.3, -0.25) is 9.59 Å². The topological polar surface area (TPSA) is 94.1 Å². The van der Waals surface area contributed by atoms with Gasteiger partial charge in [-0.05, 0) is 31.4 Å². The van der Waals surface area contributed by atoms with Gasteiger partial charge >= 0.3 is 0 Å². The minimum absolute atomic E-state index is 0.00401. The van der Waals surface area contributed by atoms with Gasteiger partial charge in [-0.2, -0.15) is 4.68 Å². The Morgan fingerprint density at radius 2 is 2.00 bits per heavy atom. The lowest BCUT2D eigenvalue weighted by Gasteiger charge is -2.30. The highest BCUT2D eigenvalue weighted by molar-refractivity contribution is 8.00. The molecule has 0 aliphatic carbocycles. The summed E-state index contributed by atoms with van der Waals surface area (Å²) in [5, 5.41) is 7.55. The molecule has 0 bridgehead atoms. The standard InChI is InChI=1S/C16H19N5O2S/c1-10-14(22)21(17)16(19-18-10)24-11(2)15(23)20-8-7-12-5-3-4-6-13(12)9-20/h3-6,11H,7-9,17H2,1-2H3/t11-/m1/s1. The maximum absolute atomic E-state index is 12.7. The molecule has 1 aliphatic heterocycles. The molecule has 0 radical (unpaired) electrons. The maximum Gasteiger partial charge on any atom is 0.294 e. The van der Waals surface area contributed by atoms with Crippen LogP contribution in [0.25, 0.3) is 0 Å². The van der Waals surface area contributed by atoms with Crippen molar-refractivity contribution < 1.29 is 4.79 Å². The average Bonchev–Trinajstić information content (AvgIpc) is 2.61. The fourth-order valence-corrected chi connectivity index (χ4v) is 3.55. The van der Waals surface area contributed by atoms with E-state index in [1.54, 1.807) is 13.8 Å². The van der Waals surface area contributed by atoms with Gasteiger partial charge in [0.1, 0.15) is 5.69 Å². The zero-order valence-electron chi connectivity index (χ0n) is 13.6. The quantitative estimate of drug-likeness (QED) is 0.651. The highest BCUT2D eigenvalue weighted by atomic mass is 32.2. The molecule has 7 nitrogen and oxygen atoms in total. The van der Waals surface area contributed by atoms with Crippen LogP contribution < -0.4 is 11.4 Å². The third-order valence-corrected chi connectivity index (χ3v) is 5.14. The number of hydrogen-bond donors (Lipinski definition) is 1. The van der Waals surface area contributed by atoms with E-state index in [4.69, 9.17) is 5.84 Å². The maximum atomic E-state index is 12.7. The Kier molecular flexibility index (Phi) is 4.57. The van der Waals surface area contributed by atoms with Crippen LogP contribution in [0, 0.1) is 6.92 Å². The molecule has 0 saturated heterocycles. The number of aryl methyl sites for hydroxylation is 1. The summed E-state index contributed by atoms with van der Waals surface area (Å²) in [7, 11) is 0. The molecule has 126 valence electrons. The lowest BCUT2D eigenvalue weighted by molar-refractivity contribution is -0.131. The number of hydrogen-bond acceptors (Lipinski definition) is 6. The Bertz CT molecular complexity index is 835. The molecule has 2 N–H and O–H groups in total. The minimum atomic E-state index is -0.404. The van der Waals surface area contributed by atoms with Gasteiger partial charge < -0.3 is 10.7 Å². The molecule has 1 aliphatic rings. The van der Waals surface area contributed by atoms with Crippen molar-refractivity contribution in [2.75, 3.05) is 12.4 Å². The molecule has 8 heteroatoms. The lowest BCUT2D eigenvalue weighted by Crippen LogP contribution is -2.40. The molecule has 2 heterocycles. The van der Waals surface area contributed by atoms with E-state index in [2.05, 4.69) is 22.3 Å². The number of rotatable bonds is 3. The summed E-state index contributed by atoms with van der Waals surface area (Å²) >= 11 is 1.15. The SMILES string of the molecule is Cc1nnc(S[C@H](C)C(=O)N2CCc3ccccc3C2)n(N)c1=O. The van der Waals surface area contributed by atoms with Crippen molar-refractivity contribution in [3.8, 4) is 0 Å². The third kappa shape index (κ3) is 3.14. The van der Waals surface area contributed by atoms with E-state index in [0.717, 1.165) is 22.9 Å². The fourth-order valence-electron chi connectivity index (χ4n) is 2.70. The highest BCUT2D eigenvalue weighted by Gasteiger charge is 2.26. The molecule has 0 saturated carbocycles. The smallest absolute Gasteiger partial charge is 0.294 e. The van der Waals surface area contributed by atoms with E-state index in [-0.39, 0.29) is 16.8 Å². The van der Waals surface area contributed by atoms with Gasteiger partial charge in [0.25, 0.3) is 5.56 Å². The number of nitrogens with two attached hydrogens (primary N) is 1. The first-order chi connectivity index (χ1) is 11.5. The number of nitrogen functional groups attached to an aromatic ring is 1.